The third kappa shape index (κ3) is 3.71. The molecule has 0 fully saturated rings. The van der Waals surface area contributed by atoms with E-state index in [1.807, 2.05) is 13.8 Å². The molecule has 0 aliphatic heterocycles. The highest BCUT2D eigenvalue weighted by molar-refractivity contribution is 5.30. The normalized spacial score (nSPS) is 11.2. The second-order valence-electron chi connectivity index (χ2n) is 3.91. The Morgan fingerprint density at radius 2 is 2.27 bits per heavy atom. The molecule has 84 valence electrons. The molecule has 0 aliphatic carbocycles. The highest BCUT2D eigenvalue weighted by atomic mass is 16.5. The Morgan fingerprint density at radius 3 is 2.87 bits per heavy atom. The number of methoxy groups -OCH3 is 1. The monoisotopic (exact) mass is 211 g/mol. The van der Waals surface area contributed by atoms with Gasteiger partial charge in [-0.3, -0.25) is 0 Å². The van der Waals surface area contributed by atoms with Crippen molar-refractivity contribution in [2.45, 2.75) is 25.8 Å². The van der Waals surface area contributed by atoms with Crippen molar-refractivity contribution in [2.75, 3.05) is 19.0 Å². The number of aliphatic hydroxyl groups is 1. The molecule has 2 N–H and O–H groups in total. The van der Waals surface area contributed by atoms with Gasteiger partial charge in [0.25, 0.3) is 0 Å². The molecule has 0 amide bonds. The number of aromatic nitrogens is 2. The zero-order chi connectivity index (χ0) is 11.3. The maximum atomic E-state index is 8.88. The van der Waals surface area contributed by atoms with Crippen molar-refractivity contribution in [3.05, 3.63) is 12.3 Å². The lowest BCUT2D eigenvalue weighted by Crippen LogP contribution is -2.32. The van der Waals surface area contributed by atoms with Crippen molar-refractivity contribution in [1.29, 1.82) is 0 Å². The number of rotatable bonds is 5. The Hall–Kier alpha value is -1.36. The van der Waals surface area contributed by atoms with E-state index >= 15 is 0 Å². The van der Waals surface area contributed by atoms with E-state index in [-0.39, 0.29) is 12.1 Å². The van der Waals surface area contributed by atoms with Gasteiger partial charge in [-0.2, -0.15) is 4.98 Å². The molecule has 1 aromatic heterocycles. The molecule has 1 aromatic rings. The van der Waals surface area contributed by atoms with E-state index in [1.165, 1.54) is 0 Å². The minimum absolute atomic E-state index is 0.129. The summed E-state index contributed by atoms with van der Waals surface area (Å²) < 4.78 is 4.99. The summed E-state index contributed by atoms with van der Waals surface area (Å²) in [6, 6.07) is 1.68. The van der Waals surface area contributed by atoms with Crippen LogP contribution in [0.2, 0.25) is 0 Å². The summed E-state index contributed by atoms with van der Waals surface area (Å²) in [6.07, 6.45) is 2.26. The van der Waals surface area contributed by atoms with Crippen LogP contribution in [-0.2, 0) is 0 Å². The van der Waals surface area contributed by atoms with E-state index in [0.717, 1.165) is 0 Å². The van der Waals surface area contributed by atoms with Crippen LogP contribution in [0.3, 0.4) is 0 Å². The van der Waals surface area contributed by atoms with E-state index in [9.17, 15) is 0 Å². The average Bonchev–Trinajstić information content (AvgIpc) is 2.17. The summed E-state index contributed by atoms with van der Waals surface area (Å²) in [5.41, 5.74) is -0.235. The predicted molar refractivity (Wildman–Crippen MR) is 58.0 cm³/mol. The van der Waals surface area contributed by atoms with Crippen molar-refractivity contribution < 1.29 is 9.84 Å². The molecule has 0 saturated carbocycles. The van der Waals surface area contributed by atoms with E-state index in [4.69, 9.17) is 9.84 Å². The lowest BCUT2D eigenvalue weighted by Gasteiger charge is -2.25. The fourth-order valence-electron chi connectivity index (χ4n) is 1.16. The minimum atomic E-state index is -0.235. The van der Waals surface area contributed by atoms with Crippen LogP contribution in [0.1, 0.15) is 20.3 Å². The first-order valence-corrected chi connectivity index (χ1v) is 4.83. The Morgan fingerprint density at radius 1 is 1.53 bits per heavy atom. The van der Waals surface area contributed by atoms with Gasteiger partial charge in [-0.15, -0.1) is 0 Å². The van der Waals surface area contributed by atoms with Gasteiger partial charge in [0.2, 0.25) is 11.8 Å². The second-order valence-corrected chi connectivity index (χ2v) is 3.91. The Bertz CT molecular complexity index is 315. The third-order valence-corrected chi connectivity index (χ3v) is 2.03. The van der Waals surface area contributed by atoms with Gasteiger partial charge in [-0.25, -0.2) is 4.98 Å². The zero-order valence-electron chi connectivity index (χ0n) is 9.32. The van der Waals surface area contributed by atoms with Gasteiger partial charge < -0.3 is 15.2 Å². The van der Waals surface area contributed by atoms with Gasteiger partial charge in [0, 0.05) is 24.4 Å². The van der Waals surface area contributed by atoms with E-state index in [2.05, 4.69) is 15.3 Å². The van der Waals surface area contributed by atoms with Crippen molar-refractivity contribution in [3.63, 3.8) is 0 Å². The first-order chi connectivity index (χ1) is 7.07. The van der Waals surface area contributed by atoms with Gasteiger partial charge in [0.15, 0.2) is 0 Å². The van der Waals surface area contributed by atoms with Crippen LogP contribution >= 0.6 is 0 Å². The smallest absolute Gasteiger partial charge is 0.226 e. The van der Waals surface area contributed by atoms with Crippen LogP contribution in [0, 0.1) is 0 Å². The summed E-state index contributed by atoms with van der Waals surface area (Å²) in [7, 11) is 1.56. The number of aliphatic hydroxyl groups excluding tert-OH is 1. The first kappa shape index (κ1) is 11.7. The Kier molecular flexibility index (Phi) is 3.85. The molecule has 0 bridgehead atoms. The molecule has 15 heavy (non-hydrogen) atoms. The molecule has 0 spiro atoms. The van der Waals surface area contributed by atoms with Crippen molar-refractivity contribution in [1.82, 2.24) is 9.97 Å². The van der Waals surface area contributed by atoms with Gasteiger partial charge in [0.05, 0.1) is 7.11 Å². The molecule has 0 aliphatic rings. The van der Waals surface area contributed by atoms with Crippen molar-refractivity contribution >= 4 is 5.95 Å². The largest absolute Gasteiger partial charge is 0.481 e. The lowest BCUT2D eigenvalue weighted by molar-refractivity contribution is 0.260. The van der Waals surface area contributed by atoms with Gasteiger partial charge in [0.1, 0.15) is 0 Å². The molecular formula is C10H17N3O2. The fraction of sp³-hybridized carbons (Fsp3) is 0.600. The summed E-state index contributed by atoms with van der Waals surface area (Å²) in [5.74, 6) is 1.03. The number of nitrogens with one attached hydrogen (secondary N) is 1. The topological polar surface area (TPSA) is 67.3 Å². The summed E-state index contributed by atoms with van der Waals surface area (Å²) in [5, 5.41) is 12.0. The van der Waals surface area contributed by atoms with E-state index in [1.54, 1.807) is 19.4 Å². The highest BCUT2D eigenvalue weighted by Gasteiger charge is 2.17. The van der Waals surface area contributed by atoms with Crippen LogP contribution in [0.25, 0.3) is 0 Å². The summed E-state index contributed by atoms with van der Waals surface area (Å²) >= 11 is 0. The highest BCUT2D eigenvalue weighted by Crippen LogP contribution is 2.15. The number of ether oxygens (including phenoxy) is 1. The molecule has 0 atom stereocenters. The molecule has 0 unspecified atom stereocenters. The third-order valence-electron chi connectivity index (χ3n) is 2.03. The molecule has 0 saturated heterocycles. The standard InChI is InChI=1S/C10H17N3O2/c1-10(2,5-7-14)13-9-11-6-4-8(12-9)15-3/h4,6,14H,5,7H2,1-3H3,(H,11,12,13). The zero-order valence-corrected chi connectivity index (χ0v) is 9.32. The lowest BCUT2D eigenvalue weighted by atomic mass is 10.0. The van der Waals surface area contributed by atoms with Crippen LogP contribution in [0.15, 0.2) is 12.3 Å². The van der Waals surface area contributed by atoms with Crippen LogP contribution < -0.4 is 10.1 Å². The summed E-state index contributed by atoms with van der Waals surface area (Å²) in [4.78, 5) is 8.20. The quantitative estimate of drug-likeness (QED) is 0.762. The van der Waals surface area contributed by atoms with Gasteiger partial charge >= 0.3 is 0 Å². The molecular weight excluding hydrogens is 194 g/mol. The molecule has 5 heteroatoms. The maximum Gasteiger partial charge on any atom is 0.226 e. The predicted octanol–water partition coefficient (Wildman–Crippen LogP) is 1.06. The van der Waals surface area contributed by atoms with Gasteiger partial charge in [-0.1, -0.05) is 0 Å². The summed E-state index contributed by atoms with van der Waals surface area (Å²) in [6.45, 7) is 4.09. The van der Waals surface area contributed by atoms with Crippen LogP contribution in [0.5, 0.6) is 5.88 Å². The van der Waals surface area contributed by atoms with E-state index < -0.39 is 0 Å². The maximum absolute atomic E-state index is 8.88. The van der Waals surface area contributed by atoms with E-state index in [0.29, 0.717) is 18.2 Å². The molecule has 0 aromatic carbocycles. The number of nitrogens with zero attached hydrogens (tertiary/aromatic N) is 2. The fourth-order valence-corrected chi connectivity index (χ4v) is 1.16. The molecule has 0 radical (unpaired) electrons. The number of hydrogen-bond acceptors (Lipinski definition) is 5. The van der Waals surface area contributed by atoms with Crippen LogP contribution in [0.4, 0.5) is 5.95 Å². The SMILES string of the molecule is COc1ccnc(NC(C)(C)CCO)n1. The first-order valence-electron chi connectivity index (χ1n) is 4.83. The molecule has 5 nitrogen and oxygen atoms in total. The van der Waals surface area contributed by atoms with Crippen molar-refractivity contribution in [3.8, 4) is 5.88 Å². The molecule has 1 rings (SSSR count). The average molecular weight is 211 g/mol. The number of anilines is 1. The number of hydrogen-bond donors (Lipinski definition) is 2. The van der Waals surface area contributed by atoms with Crippen LogP contribution in [-0.4, -0.2) is 34.3 Å². The Labute approximate surface area is 89.5 Å². The second kappa shape index (κ2) is 4.93. The van der Waals surface area contributed by atoms with Gasteiger partial charge in [-0.05, 0) is 20.3 Å². The Balaban J connectivity index is 2.71. The molecule has 1 heterocycles. The van der Waals surface area contributed by atoms with Crippen molar-refractivity contribution in [2.24, 2.45) is 0 Å². The minimum Gasteiger partial charge on any atom is -0.481 e.